The van der Waals surface area contributed by atoms with Crippen molar-refractivity contribution in [2.75, 3.05) is 12.4 Å². The summed E-state index contributed by atoms with van der Waals surface area (Å²) >= 11 is 0. The van der Waals surface area contributed by atoms with Crippen LogP contribution in [0.25, 0.3) is 0 Å². The number of aromatic nitrogens is 1. The largest absolute Gasteiger partial charge is 0.534 e. The van der Waals surface area contributed by atoms with Crippen molar-refractivity contribution in [3.05, 3.63) is 17.3 Å². The van der Waals surface area contributed by atoms with Crippen LogP contribution in [0.2, 0.25) is 0 Å². The van der Waals surface area contributed by atoms with Crippen LogP contribution in [0.3, 0.4) is 0 Å². The summed E-state index contributed by atoms with van der Waals surface area (Å²) in [7, 11) is -3.97. The van der Waals surface area contributed by atoms with E-state index in [2.05, 4.69) is 14.5 Å². The minimum absolute atomic E-state index is 0.0284. The number of alkyl halides is 3. The highest BCUT2D eigenvalue weighted by molar-refractivity contribution is 7.87. The minimum Gasteiger partial charge on any atom is -0.378 e. The fourth-order valence-corrected chi connectivity index (χ4v) is 8.63. The van der Waals surface area contributed by atoms with Crippen LogP contribution in [0.5, 0.6) is 5.88 Å². The van der Waals surface area contributed by atoms with Crippen LogP contribution >= 0.6 is 0 Å². The number of fused-ring (bicyclic) bond motifs is 2. The van der Waals surface area contributed by atoms with Gasteiger partial charge in [0.25, 0.3) is 0 Å². The highest BCUT2D eigenvalue weighted by Gasteiger charge is 2.58. The van der Waals surface area contributed by atoms with Crippen molar-refractivity contribution in [2.45, 2.75) is 92.7 Å². The van der Waals surface area contributed by atoms with Crippen molar-refractivity contribution in [1.29, 1.82) is 0 Å². The van der Waals surface area contributed by atoms with Gasteiger partial charge >= 0.3 is 15.6 Å². The highest BCUT2D eigenvalue weighted by Crippen LogP contribution is 2.61. The summed E-state index contributed by atoms with van der Waals surface area (Å²) in [4.78, 5) is 4.15. The van der Waals surface area contributed by atoms with Gasteiger partial charge in [-0.1, -0.05) is 0 Å². The van der Waals surface area contributed by atoms with Crippen molar-refractivity contribution in [3.8, 4) is 5.88 Å². The lowest BCUT2D eigenvalue weighted by Gasteiger charge is -2.62. The Bertz CT molecular complexity index is 1070. The van der Waals surface area contributed by atoms with E-state index in [1.54, 1.807) is 7.11 Å². The average molecular weight is 487 g/mol. The third-order valence-electron chi connectivity index (χ3n) is 8.98. The Morgan fingerprint density at radius 3 is 2.21 bits per heavy atom. The SMILES string of the molecule is COC12CC3CC(CC(Nc4cnc(OS(=O)(=O)C(F)(F)F)c5c4C4CCC5CC4)(C3)C1)C2. The first-order valence-corrected chi connectivity index (χ1v) is 13.3. The number of halogens is 3. The zero-order valence-electron chi connectivity index (χ0n) is 18.6. The van der Waals surface area contributed by atoms with E-state index < -0.39 is 21.5 Å². The third-order valence-corrected chi connectivity index (χ3v) is 9.92. The molecule has 0 radical (unpaired) electrons. The minimum atomic E-state index is -5.77. The predicted octanol–water partition coefficient (Wildman–Crippen LogP) is 5.21. The van der Waals surface area contributed by atoms with Gasteiger partial charge in [0, 0.05) is 18.2 Å². The van der Waals surface area contributed by atoms with Gasteiger partial charge in [-0.25, -0.2) is 4.98 Å². The molecule has 33 heavy (non-hydrogen) atoms. The number of anilines is 1. The van der Waals surface area contributed by atoms with Crippen LogP contribution in [0.4, 0.5) is 18.9 Å². The van der Waals surface area contributed by atoms with Crippen LogP contribution in [0, 0.1) is 11.8 Å². The van der Waals surface area contributed by atoms with E-state index in [-0.39, 0.29) is 23.0 Å². The molecule has 0 saturated heterocycles. The molecule has 182 valence electrons. The number of nitrogens with one attached hydrogen (secondary N) is 1. The van der Waals surface area contributed by atoms with E-state index in [0.29, 0.717) is 17.4 Å². The molecule has 2 atom stereocenters. The lowest BCUT2D eigenvalue weighted by atomic mass is 9.51. The molecule has 8 rings (SSSR count). The Balaban J connectivity index is 1.39. The molecule has 0 aliphatic heterocycles. The molecule has 1 N–H and O–H groups in total. The molecule has 7 aliphatic rings. The standard InChI is InChI=1S/C23H29F3N2O4S/c1-31-22-9-13-6-14(10-22)8-21(7-13,12-22)28-17-11-27-20(32-33(29,30)23(24,25)26)19-16-4-2-15(3-5-16)18(17)19/h11,13-16,28H,2-10,12H2,1H3. The molecule has 5 fully saturated rings. The summed E-state index contributed by atoms with van der Waals surface area (Å²) < 4.78 is 73.2. The van der Waals surface area contributed by atoms with E-state index in [1.165, 1.54) is 12.6 Å². The molecular weight excluding hydrogens is 457 g/mol. The molecule has 10 heteroatoms. The second kappa shape index (κ2) is 6.99. The summed E-state index contributed by atoms with van der Waals surface area (Å²) in [6.07, 6.45) is 11.4. The van der Waals surface area contributed by atoms with Gasteiger partial charge in [0.1, 0.15) is 0 Å². The first kappa shape index (κ1) is 21.9. The average Bonchev–Trinajstić information content (AvgIpc) is 2.74. The van der Waals surface area contributed by atoms with Gasteiger partial charge in [0.05, 0.1) is 17.5 Å². The maximum Gasteiger partial charge on any atom is 0.534 e. The van der Waals surface area contributed by atoms with Gasteiger partial charge in [0.2, 0.25) is 5.88 Å². The molecule has 6 nitrogen and oxygen atoms in total. The number of hydrogen-bond donors (Lipinski definition) is 1. The van der Waals surface area contributed by atoms with Crippen molar-refractivity contribution in [1.82, 2.24) is 4.98 Å². The van der Waals surface area contributed by atoms with Crippen LogP contribution < -0.4 is 9.50 Å². The lowest BCUT2D eigenvalue weighted by Crippen LogP contribution is -2.62. The second-order valence-corrected chi connectivity index (χ2v) is 12.6. The van der Waals surface area contributed by atoms with Gasteiger partial charge in [-0.2, -0.15) is 21.6 Å². The van der Waals surface area contributed by atoms with E-state index in [0.717, 1.165) is 69.0 Å². The smallest absolute Gasteiger partial charge is 0.378 e. The Kier molecular flexibility index (Phi) is 4.65. The zero-order valence-corrected chi connectivity index (χ0v) is 19.4. The van der Waals surface area contributed by atoms with Gasteiger partial charge in [-0.15, -0.1) is 0 Å². The second-order valence-electron chi connectivity index (χ2n) is 11.1. The molecular formula is C23H29F3N2O4S. The number of pyridine rings is 1. The van der Waals surface area contributed by atoms with Gasteiger partial charge in [0.15, 0.2) is 0 Å². The van der Waals surface area contributed by atoms with Crippen molar-refractivity contribution in [2.24, 2.45) is 11.8 Å². The fraction of sp³-hybridized carbons (Fsp3) is 0.783. The van der Waals surface area contributed by atoms with Crippen LogP contribution in [-0.4, -0.2) is 37.2 Å². The number of ether oxygens (including phenoxy) is 1. The van der Waals surface area contributed by atoms with E-state index in [9.17, 15) is 21.6 Å². The Morgan fingerprint density at radius 1 is 1.03 bits per heavy atom. The monoisotopic (exact) mass is 486 g/mol. The third kappa shape index (κ3) is 3.38. The van der Waals surface area contributed by atoms with Gasteiger partial charge in [-0.3, -0.25) is 0 Å². The summed E-state index contributed by atoms with van der Waals surface area (Å²) in [6, 6.07) is 0. The predicted molar refractivity (Wildman–Crippen MR) is 115 cm³/mol. The number of hydrogen-bond acceptors (Lipinski definition) is 6. The summed E-state index contributed by atoms with van der Waals surface area (Å²) in [5.74, 6) is 0.967. The summed E-state index contributed by atoms with van der Waals surface area (Å²) in [6.45, 7) is 0. The molecule has 2 unspecified atom stereocenters. The molecule has 1 aromatic heterocycles. The fourth-order valence-electron chi connectivity index (χ4n) is 8.19. The number of methoxy groups -OCH3 is 1. The normalized spacial score (nSPS) is 38.9. The maximum absolute atomic E-state index is 13.0. The highest BCUT2D eigenvalue weighted by atomic mass is 32.2. The Morgan fingerprint density at radius 2 is 1.64 bits per heavy atom. The first-order chi connectivity index (χ1) is 15.5. The van der Waals surface area contributed by atoms with Crippen molar-refractivity contribution < 1.29 is 30.5 Å². The number of nitrogens with zero attached hydrogens (tertiary/aromatic N) is 1. The molecule has 6 bridgehead atoms. The molecule has 0 amide bonds. The zero-order chi connectivity index (χ0) is 23.2. The van der Waals surface area contributed by atoms with E-state index in [4.69, 9.17) is 4.74 Å². The van der Waals surface area contributed by atoms with Crippen LogP contribution in [0.1, 0.15) is 87.2 Å². The van der Waals surface area contributed by atoms with Gasteiger partial charge in [-0.05, 0) is 93.4 Å². The molecule has 0 aromatic carbocycles. The topological polar surface area (TPSA) is 77.5 Å². The summed E-state index contributed by atoms with van der Waals surface area (Å²) in [5, 5.41) is 3.81. The van der Waals surface area contributed by atoms with E-state index >= 15 is 0 Å². The van der Waals surface area contributed by atoms with Gasteiger partial charge < -0.3 is 14.2 Å². The molecule has 5 saturated carbocycles. The summed E-state index contributed by atoms with van der Waals surface area (Å²) in [5.41, 5.74) is -3.40. The first-order valence-electron chi connectivity index (χ1n) is 11.9. The van der Waals surface area contributed by atoms with E-state index in [1.807, 2.05) is 0 Å². The van der Waals surface area contributed by atoms with Crippen molar-refractivity contribution in [3.63, 3.8) is 0 Å². The van der Waals surface area contributed by atoms with Crippen LogP contribution in [0.15, 0.2) is 6.20 Å². The number of rotatable bonds is 5. The van der Waals surface area contributed by atoms with Crippen LogP contribution in [-0.2, 0) is 14.9 Å². The lowest BCUT2D eigenvalue weighted by molar-refractivity contribution is -0.148. The maximum atomic E-state index is 13.0. The Hall–Kier alpha value is -1.55. The Labute approximate surface area is 191 Å². The van der Waals surface area contributed by atoms with Crippen molar-refractivity contribution >= 4 is 15.8 Å². The quantitative estimate of drug-likeness (QED) is 0.455. The molecule has 0 spiro atoms. The molecule has 7 aliphatic carbocycles. The molecule has 1 aromatic rings. The molecule has 1 heterocycles.